The standard InChI is InChI=1S/C23H25N3O4/c1-15-3-5-16(6-4-15)9-12-26-14-23-10-7-18(29-23)19(20(23)22(26)28)21(27)25(2)13-17-8-11-24-30-17/h3-8,10-11,18-20H,9,12-14H2,1-2H3/t18-,19?,20?,23-/m0/s1. The number of carbonyl (C=O) groups is 2. The fraction of sp³-hybridized carbons (Fsp3) is 0.435. The lowest BCUT2D eigenvalue weighted by Crippen LogP contribution is -2.44. The molecule has 7 nitrogen and oxygen atoms in total. The topological polar surface area (TPSA) is 75.9 Å². The van der Waals surface area contributed by atoms with Gasteiger partial charge < -0.3 is 19.1 Å². The molecule has 2 fully saturated rings. The van der Waals surface area contributed by atoms with Gasteiger partial charge in [-0.05, 0) is 18.9 Å². The number of amides is 2. The SMILES string of the molecule is Cc1ccc(CCN2C[C@]34C=C[C@H](O3)C(C(=O)N(C)Cc3ccno3)C4C2=O)cc1. The minimum Gasteiger partial charge on any atom is -0.360 e. The molecule has 2 amide bonds. The molecule has 2 unspecified atom stereocenters. The van der Waals surface area contributed by atoms with E-state index in [9.17, 15) is 9.59 Å². The number of aryl methyl sites for hydroxylation is 1. The van der Waals surface area contributed by atoms with Gasteiger partial charge in [0.25, 0.3) is 0 Å². The molecule has 2 aromatic rings. The number of fused-ring (bicyclic) bond motifs is 1. The molecule has 2 bridgehead atoms. The number of hydrogen-bond donors (Lipinski definition) is 0. The number of nitrogens with zero attached hydrogens (tertiary/aromatic N) is 3. The Morgan fingerprint density at radius 3 is 2.83 bits per heavy atom. The summed E-state index contributed by atoms with van der Waals surface area (Å²) in [5, 5.41) is 3.68. The molecule has 1 aromatic carbocycles. The third-order valence-electron chi connectivity index (χ3n) is 6.52. The van der Waals surface area contributed by atoms with Crippen LogP contribution in [0.5, 0.6) is 0 Å². The first-order valence-electron chi connectivity index (χ1n) is 10.3. The third-order valence-corrected chi connectivity index (χ3v) is 6.52. The van der Waals surface area contributed by atoms with Gasteiger partial charge in [0.15, 0.2) is 5.76 Å². The van der Waals surface area contributed by atoms with Crippen molar-refractivity contribution < 1.29 is 18.8 Å². The van der Waals surface area contributed by atoms with E-state index in [1.54, 1.807) is 24.2 Å². The van der Waals surface area contributed by atoms with Crippen LogP contribution in [0.3, 0.4) is 0 Å². The first-order valence-corrected chi connectivity index (χ1v) is 10.3. The molecule has 3 aliphatic heterocycles. The van der Waals surface area contributed by atoms with Gasteiger partial charge in [0, 0.05) is 19.7 Å². The van der Waals surface area contributed by atoms with E-state index < -0.39 is 17.4 Å². The third kappa shape index (κ3) is 3.04. The lowest BCUT2D eigenvalue weighted by molar-refractivity contribution is -0.142. The fourth-order valence-corrected chi connectivity index (χ4v) is 4.96. The van der Waals surface area contributed by atoms with Crippen molar-refractivity contribution in [2.75, 3.05) is 20.1 Å². The molecule has 0 radical (unpaired) electrons. The van der Waals surface area contributed by atoms with Gasteiger partial charge in [-0.25, -0.2) is 0 Å². The first-order chi connectivity index (χ1) is 14.5. The molecule has 30 heavy (non-hydrogen) atoms. The quantitative estimate of drug-likeness (QED) is 0.685. The number of benzene rings is 1. The van der Waals surface area contributed by atoms with Gasteiger partial charge in [-0.2, -0.15) is 0 Å². The van der Waals surface area contributed by atoms with Crippen molar-refractivity contribution in [3.05, 3.63) is 65.6 Å². The second kappa shape index (κ2) is 7.09. The zero-order valence-corrected chi connectivity index (χ0v) is 17.2. The molecule has 0 saturated carbocycles. The van der Waals surface area contributed by atoms with Crippen LogP contribution in [-0.4, -0.2) is 58.6 Å². The molecule has 2 saturated heterocycles. The number of aromatic nitrogens is 1. The Labute approximate surface area is 175 Å². The normalized spacial score (nSPS) is 28.9. The van der Waals surface area contributed by atoms with Crippen molar-refractivity contribution >= 4 is 11.8 Å². The smallest absolute Gasteiger partial charge is 0.230 e. The van der Waals surface area contributed by atoms with Crippen LogP contribution in [0.2, 0.25) is 0 Å². The predicted octanol–water partition coefficient (Wildman–Crippen LogP) is 1.97. The number of carbonyl (C=O) groups excluding carboxylic acids is 2. The van der Waals surface area contributed by atoms with Crippen LogP contribution in [0.1, 0.15) is 16.9 Å². The lowest BCUT2D eigenvalue weighted by atomic mass is 9.76. The number of rotatable bonds is 6. The highest BCUT2D eigenvalue weighted by atomic mass is 16.5. The minimum absolute atomic E-state index is 0.0142. The van der Waals surface area contributed by atoms with E-state index in [-0.39, 0.29) is 17.9 Å². The summed E-state index contributed by atoms with van der Waals surface area (Å²) in [5.74, 6) is -0.436. The van der Waals surface area contributed by atoms with Crippen LogP contribution in [-0.2, 0) is 27.3 Å². The summed E-state index contributed by atoms with van der Waals surface area (Å²) < 4.78 is 11.3. The molecule has 3 aliphatic rings. The number of likely N-dealkylation sites (tertiary alicyclic amines) is 1. The Kier molecular flexibility index (Phi) is 4.50. The summed E-state index contributed by atoms with van der Waals surface area (Å²) in [6.07, 6.45) is 5.93. The highest BCUT2D eigenvalue weighted by molar-refractivity contribution is 5.93. The Balaban J connectivity index is 1.30. The van der Waals surface area contributed by atoms with Gasteiger partial charge in [-0.1, -0.05) is 47.1 Å². The van der Waals surface area contributed by atoms with E-state index >= 15 is 0 Å². The Morgan fingerprint density at radius 1 is 1.30 bits per heavy atom. The largest absolute Gasteiger partial charge is 0.360 e. The zero-order valence-electron chi connectivity index (χ0n) is 17.2. The highest BCUT2D eigenvalue weighted by Gasteiger charge is 2.66. The first kappa shape index (κ1) is 19.1. The molecule has 4 heterocycles. The summed E-state index contributed by atoms with van der Waals surface area (Å²) in [6, 6.07) is 10.1. The molecule has 4 atom stereocenters. The average molecular weight is 407 g/mol. The lowest BCUT2D eigenvalue weighted by Gasteiger charge is -2.27. The van der Waals surface area contributed by atoms with E-state index in [1.165, 1.54) is 11.1 Å². The van der Waals surface area contributed by atoms with Crippen LogP contribution < -0.4 is 0 Å². The van der Waals surface area contributed by atoms with Crippen molar-refractivity contribution in [1.29, 1.82) is 0 Å². The fourth-order valence-electron chi connectivity index (χ4n) is 4.96. The second-order valence-corrected chi connectivity index (χ2v) is 8.57. The summed E-state index contributed by atoms with van der Waals surface area (Å²) >= 11 is 0. The maximum atomic E-state index is 13.3. The highest BCUT2D eigenvalue weighted by Crippen LogP contribution is 2.52. The molecule has 1 spiro atoms. The summed E-state index contributed by atoms with van der Waals surface area (Å²) in [5.41, 5.74) is 1.74. The van der Waals surface area contributed by atoms with Crippen LogP contribution in [0.15, 0.2) is 53.2 Å². The van der Waals surface area contributed by atoms with E-state index in [1.807, 2.05) is 17.1 Å². The molecule has 7 heteroatoms. The van der Waals surface area contributed by atoms with E-state index in [0.717, 1.165) is 6.42 Å². The molecule has 1 aromatic heterocycles. The van der Waals surface area contributed by atoms with Gasteiger partial charge in [-0.15, -0.1) is 0 Å². The van der Waals surface area contributed by atoms with E-state index in [0.29, 0.717) is 25.4 Å². The molecular formula is C23H25N3O4. The maximum absolute atomic E-state index is 13.3. The van der Waals surface area contributed by atoms with Crippen LogP contribution in [0.25, 0.3) is 0 Å². The van der Waals surface area contributed by atoms with Crippen molar-refractivity contribution in [3.8, 4) is 0 Å². The Bertz CT molecular complexity index is 984. The molecule has 156 valence electrons. The van der Waals surface area contributed by atoms with Gasteiger partial charge in [0.1, 0.15) is 5.60 Å². The minimum atomic E-state index is -0.678. The second-order valence-electron chi connectivity index (χ2n) is 8.57. The van der Waals surface area contributed by atoms with Crippen molar-refractivity contribution in [2.45, 2.75) is 31.6 Å². The van der Waals surface area contributed by atoms with Crippen molar-refractivity contribution in [2.24, 2.45) is 11.8 Å². The molecule has 0 N–H and O–H groups in total. The molecule has 0 aliphatic carbocycles. The van der Waals surface area contributed by atoms with Crippen molar-refractivity contribution in [3.63, 3.8) is 0 Å². The van der Waals surface area contributed by atoms with Gasteiger partial charge in [0.05, 0.1) is 37.2 Å². The Hall–Kier alpha value is -2.93. The number of hydrogen-bond acceptors (Lipinski definition) is 5. The van der Waals surface area contributed by atoms with Gasteiger partial charge >= 0.3 is 0 Å². The monoisotopic (exact) mass is 407 g/mol. The Morgan fingerprint density at radius 2 is 2.10 bits per heavy atom. The van der Waals surface area contributed by atoms with Gasteiger partial charge in [0.2, 0.25) is 11.8 Å². The summed E-state index contributed by atoms with van der Waals surface area (Å²) in [7, 11) is 1.72. The van der Waals surface area contributed by atoms with Gasteiger partial charge in [-0.3, -0.25) is 9.59 Å². The number of ether oxygens (including phenoxy) is 1. The summed E-state index contributed by atoms with van der Waals surface area (Å²) in [6.45, 7) is 3.50. The summed E-state index contributed by atoms with van der Waals surface area (Å²) in [4.78, 5) is 30.0. The van der Waals surface area contributed by atoms with Crippen molar-refractivity contribution in [1.82, 2.24) is 15.0 Å². The van der Waals surface area contributed by atoms with Crippen LogP contribution in [0.4, 0.5) is 0 Å². The zero-order chi connectivity index (χ0) is 20.9. The molecular weight excluding hydrogens is 382 g/mol. The van der Waals surface area contributed by atoms with E-state index in [2.05, 4.69) is 36.3 Å². The molecule has 5 rings (SSSR count). The van der Waals surface area contributed by atoms with E-state index in [4.69, 9.17) is 9.26 Å². The predicted molar refractivity (Wildman–Crippen MR) is 108 cm³/mol. The van der Waals surface area contributed by atoms with Crippen LogP contribution >= 0.6 is 0 Å². The maximum Gasteiger partial charge on any atom is 0.230 e. The average Bonchev–Trinajstić information content (AvgIpc) is 3.50. The van der Waals surface area contributed by atoms with Crippen LogP contribution in [0, 0.1) is 18.8 Å².